The van der Waals surface area contributed by atoms with Crippen LogP contribution in [0.5, 0.6) is 11.5 Å². The Bertz CT molecular complexity index is 522. The Morgan fingerprint density at radius 3 is 2.50 bits per heavy atom. The summed E-state index contributed by atoms with van der Waals surface area (Å²) in [4.78, 5) is 0. The summed E-state index contributed by atoms with van der Waals surface area (Å²) in [5, 5.41) is 0.684. The molecule has 2 N–H and O–H groups in total. The van der Waals surface area contributed by atoms with Crippen LogP contribution in [0.1, 0.15) is 56.6 Å². The zero-order chi connectivity index (χ0) is 14.3. The van der Waals surface area contributed by atoms with Crippen LogP contribution >= 0.6 is 11.6 Å². The molecule has 0 atom stereocenters. The number of hydrogen-bond donors (Lipinski definition) is 1. The Kier molecular flexibility index (Phi) is 3.59. The minimum Gasteiger partial charge on any atom is -0.486 e. The fraction of sp³-hybridized carbons (Fsp3) is 0.625. The average Bonchev–Trinajstić information content (AvgIpc) is 2.86. The second-order valence-electron chi connectivity index (χ2n) is 6.19. The number of halogens is 1. The van der Waals surface area contributed by atoms with Crippen LogP contribution in [-0.4, -0.2) is 13.2 Å². The van der Waals surface area contributed by atoms with Crippen LogP contribution in [0, 0.1) is 0 Å². The van der Waals surface area contributed by atoms with Gasteiger partial charge in [0, 0.05) is 5.54 Å². The minimum atomic E-state index is -0.265. The third kappa shape index (κ3) is 2.17. The summed E-state index contributed by atoms with van der Waals surface area (Å²) in [6.07, 6.45) is 4.39. The van der Waals surface area contributed by atoms with Crippen LogP contribution in [0.4, 0.5) is 0 Å². The predicted molar refractivity (Wildman–Crippen MR) is 80.9 cm³/mol. The van der Waals surface area contributed by atoms with Gasteiger partial charge in [0.1, 0.15) is 13.2 Å². The van der Waals surface area contributed by atoms with E-state index in [9.17, 15) is 0 Å². The van der Waals surface area contributed by atoms with Crippen molar-refractivity contribution in [3.63, 3.8) is 0 Å². The second kappa shape index (κ2) is 5.12. The van der Waals surface area contributed by atoms with Crippen LogP contribution < -0.4 is 15.2 Å². The number of benzene rings is 1. The zero-order valence-electron chi connectivity index (χ0n) is 12.2. The summed E-state index contributed by atoms with van der Waals surface area (Å²) in [5.41, 5.74) is 8.68. The molecule has 1 aromatic rings. The van der Waals surface area contributed by atoms with Crippen molar-refractivity contribution in [3.05, 3.63) is 22.2 Å². The molecule has 20 heavy (non-hydrogen) atoms. The van der Waals surface area contributed by atoms with Crippen molar-refractivity contribution >= 4 is 11.6 Å². The molecule has 0 bridgehead atoms. The van der Waals surface area contributed by atoms with Crippen molar-refractivity contribution in [3.8, 4) is 11.5 Å². The SMILES string of the molecule is CC(C)c1c(C2(N)CCCC2)cc2c(c1Cl)OCCO2. The first-order valence-corrected chi connectivity index (χ1v) is 7.82. The largest absolute Gasteiger partial charge is 0.486 e. The van der Waals surface area contributed by atoms with Gasteiger partial charge in [-0.1, -0.05) is 38.3 Å². The van der Waals surface area contributed by atoms with Gasteiger partial charge in [-0.05, 0) is 36.0 Å². The van der Waals surface area contributed by atoms with Gasteiger partial charge in [0.15, 0.2) is 11.5 Å². The maximum absolute atomic E-state index is 6.67. The molecule has 1 aromatic carbocycles. The lowest BCUT2D eigenvalue weighted by Crippen LogP contribution is -2.35. The number of ether oxygens (including phenoxy) is 2. The highest BCUT2D eigenvalue weighted by Gasteiger charge is 2.36. The first kappa shape index (κ1) is 14.0. The van der Waals surface area contributed by atoms with Gasteiger partial charge in [0.05, 0.1) is 5.02 Å². The molecule has 1 aliphatic carbocycles. The van der Waals surface area contributed by atoms with Crippen LogP contribution in [-0.2, 0) is 5.54 Å². The van der Waals surface area contributed by atoms with Crippen molar-refractivity contribution in [1.29, 1.82) is 0 Å². The third-order valence-electron chi connectivity index (χ3n) is 4.42. The predicted octanol–water partition coefficient (Wildman–Crippen LogP) is 3.96. The fourth-order valence-corrected chi connectivity index (χ4v) is 3.88. The number of nitrogens with two attached hydrogens (primary N) is 1. The highest BCUT2D eigenvalue weighted by atomic mass is 35.5. The molecule has 3 nitrogen and oxygen atoms in total. The summed E-state index contributed by atoms with van der Waals surface area (Å²) < 4.78 is 11.4. The lowest BCUT2D eigenvalue weighted by atomic mass is 9.82. The van der Waals surface area contributed by atoms with Crippen LogP contribution in [0.15, 0.2) is 6.07 Å². The molecule has 0 amide bonds. The van der Waals surface area contributed by atoms with Gasteiger partial charge >= 0.3 is 0 Å². The molecule has 1 saturated carbocycles. The van der Waals surface area contributed by atoms with Gasteiger partial charge in [-0.15, -0.1) is 0 Å². The van der Waals surface area contributed by atoms with Crippen molar-refractivity contribution in [1.82, 2.24) is 0 Å². The molecule has 1 fully saturated rings. The summed E-state index contributed by atoms with van der Waals surface area (Å²) in [5.74, 6) is 1.75. The van der Waals surface area contributed by atoms with Crippen molar-refractivity contribution < 1.29 is 9.47 Å². The lowest BCUT2D eigenvalue weighted by molar-refractivity contribution is 0.171. The highest BCUT2D eigenvalue weighted by molar-refractivity contribution is 6.33. The number of rotatable bonds is 2. The van der Waals surface area contributed by atoms with Crippen LogP contribution in [0.2, 0.25) is 5.02 Å². The fourth-order valence-electron chi connectivity index (χ4n) is 3.41. The van der Waals surface area contributed by atoms with Gasteiger partial charge in [0.2, 0.25) is 0 Å². The van der Waals surface area contributed by atoms with Crippen molar-refractivity contribution in [2.24, 2.45) is 5.73 Å². The second-order valence-corrected chi connectivity index (χ2v) is 6.57. The van der Waals surface area contributed by atoms with Gasteiger partial charge in [-0.2, -0.15) is 0 Å². The Hall–Kier alpha value is -0.930. The zero-order valence-corrected chi connectivity index (χ0v) is 12.9. The molecule has 4 heteroatoms. The van der Waals surface area contributed by atoms with E-state index >= 15 is 0 Å². The Balaban J connectivity index is 2.19. The monoisotopic (exact) mass is 295 g/mol. The molecular weight excluding hydrogens is 274 g/mol. The van der Waals surface area contributed by atoms with E-state index < -0.39 is 0 Å². The quantitative estimate of drug-likeness (QED) is 0.898. The van der Waals surface area contributed by atoms with Crippen LogP contribution in [0.25, 0.3) is 0 Å². The summed E-state index contributed by atoms with van der Waals surface area (Å²) in [7, 11) is 0. The molecule has 0 spiro atoms. The van der Waals surface area contributed by atoms with Crippen molar-refractivity contribution in [2.45, 2.75) is 51.0 Å². The molecule has 1 heterocycles. The van der Waals surface area contributed by atoms with E-state index in [1.807, 2.05) is 0 Å². The van der Waals surface area contributed by atoms with E-state index in [0.717, 1.165) is 29.7 Å². The molecule has 0 radical (unpaired) electrons. The summed E-state index contributed by atoms with van der Waals surface area (Å²) >= 11 is 6.61. The maximum Gasteiger partial charge on any atom is 0.180 e. The highest BCUT2D eigenvalue weighted by Crippen LogP contribution is 2.49. The Labute approximate surface area is 125 Å². The van der Waals surface area contributed by atoms with E-state index in [-0.39, 0.29) is 5.54 Å². The smallest absolute Gasteiger partial charge is 0.180 e. The first-order chi connectivity index (χ1) is 9.53. The minimum absolute atomic E-state index is 0.265. The normalized spacial score (nSPS) is 20.4. The molecule has 110 valence electrons. The Morgan fingerprint density at radius 1 is 1.20 bits per heavy atom. The standard InChI is InChI=1S/C16H22ClNO2/c1-10(2)13-11(16(18)5-3-4-6-16)9-12-15(14(13)17)20-8-7-19-12/h9-10H,3-8,18H2,1-2H3. The number of hydrogen-bond acceptors (Lipinski definition) is 3. The van der Waals surface area contributed by atoms with Crippen molar-refractivity contribution in [2.75, 3.05) is 13.2 Å². The molecule has 1 aliphatic heterocycles. The molecule has 3 rings (SSSR count). The summed E-state index contributed by atoms with van der Waals surface area (Å²) in [6, 6.07) is 2.07. The molecule has 0 saturated heterocycles. The average molecular weight is 296 g/mol. The van der Waals surface area contributed by atoms with Crippen LogP contribution in [0.3, 0.4) is 0 Å². The molecular formula is C16H22ClNO2. The topological polar surface area (TPSA) is 44.5 Å². The van der Waals surface area contributed by atoms with E-state index in [4.69, 9.17) is 26.8 Å². The molecule has 0 aromatic heterocycles. The van der Waals surface area contributed by atoms with Gasteiger partial charge in [-0.25, -0.2) is 0 Å². The molecule has 2 aliphatic rings. The summed E-state index contributed by atoms with van der Waals surface area (Å²) in [6.45, 7) is 5.43. The first-order valence-electron chi connectivity index (χ1n) is 7.44. The lowest BCUT2D eigenvalue weighted by Gasteiger charge is -2.32. The van der Waals surface area contributed by atoms with E-state index in [1.54, 1.807) is 0 Å². The van der Waals surface area contributed by atoms with Gasteiger partial charge in [0.25, 0.3) is 0 Å². The van der Waals surface area contributed by atoms with Gasteiger partial charge in [-0.3, -0.25) is 0 Å². The van der Waals surface area contributed by atoms with E-state index in [2.05, 4.69) is 19.9 Å². The Morgan fingerprint density at radius 2 is 1.85 bits per heavy atom. The molecule has 0 unspecified atom stereocenters. The van der Waals surface area contributed by atoms with E-state index in [1.165, 1.54) is 12.8 Å². The van der Waals surface area contributed by atoms with Gasteiger partial charge < -0.3 is 15.2 Å². The number of fused-ring (bicyclic) bond motifs is 1. The third-order valence-corrected chi connectivity index (χ3v) is 4.80. The maximum atomic E-state index is 6.67. The van der Waals surface area contributed by atoms with E-state index in [0.29, 0.717) is 29.9 Å².